The van der Waals surface area contributed by atoms with Crippen LogP contribution in [0.1, 0.15) is 42.3 Å². The standard InChI is InChI=1S/C28H23ClF4N4O3/c1-27(2,3)26(39)34-13-15-10-11-19(29)21(22(15)30)24(38)37-20-9-5-8-18-23(20)35-14-36-25(18)40-17-7-4-6-16(12-17)28(31,32)33/h4-12,14H,13H2,1-3H3,(H,34,39)(H,37,38). The van der Waals surface area contributed by atoms with Crippen molar-refractivity contribution in [2.45, 2.75) is 33.5 Å². The second-order valence-electron chi connectivity index (χ2n) is 9.79. The van der Waals surface area contributed by atoms with Crippen molar-refractivity contribution >= 4 is 40.0 Å². The molecule has 0 radical (unpaired) electrons. The molecule has 208 valence electrons. The van der Waals surface area contributed by atoms with E-state index in [9.17, 15) is 22.8 Å². The molecule has 4 rings (SSSR count). The van der Waals surface area contributed by atoms with Crippen LogP contribution in [0.15, 0.2) is 60.9 Å². The third-order valence-electron chi connectivity index (χ3n) is 5.77. The minimum absolute atomic E-state index is 0.0544. The van der Waals surface area contributed by atoms with Crippen molar-refractivity contribution in [1.29, 1.82) is 0 Å². The molecule has 7 nitrogen and oxygen atoms in total. The van der Waals surface area contributed by atoms with Crippen LogP contribution in [0, 0.1) is 11.2 Å². The fourth-order valence-electron chi connectivity index (χ4n) is 3.66. The van der Waals surface area contributed by atoms with E-state index in [2.05, 4.69) is 20.6 Å². The summed E-state index contributed by atoms with van der Waals surface area (Å²) in [7, 11) is 0. The van der Waals surface area contributed by atoms with Crippen molar-refractivity contribution in [3.63, 3.8) is 0 Å². The summed E-state index contributed by atoms with van der Waals surface area (Å²) in [5.74, 6) is -2.23. The van der Waals surface area contributed by atoms with Gasteiger partial charge in [-0.2, -0.15) is 13.2 Å². The molecular formula is C28H23ClF4N4O3. The Balaban J connectivity index is 1.62. The van der Waals surface area contributed by atoms with E-state index in [1.54, 1.807) is 26.8 Å². The van der Waals surface area contributed by atoms with E-state index in [1.807, 2.05) is 0 Å². The number of rotatable bonds is 6. The summed E-state index contributed by atoms with van der Waals surface area (Å²) >= 11 is 6.16. The molecule has 0 spiro atoms. The number of para-hydroxylation sites is 1. The number of benzene rings is 3. The van der Waals surface area contributed by atoms with Crippen LogP contribution in [0.2, 0.25) is 5.02 Å². The fourth-order valence-corrected chi connectivity index (χ4v) is 3.89. The first-order valence-corrected chi connectivity index (χ1v) is 12.3. The van der Waals surface area contributed by atoms with E-state index < -0.39 is 34.4 Å². The topological polar surface area (TPSA) is 93.2 Å². The fraction of sp³-hybridized carbons (Fsp3) is 0.214. The highest BCUT2D eigenvalue weighted by Gasteiger charge is 2.31. The first-order valence-electron chi connectivity index (χ1n) is 11.9. The zero-order valence-electron chi connectivity index (χ0n) is 21.5. The van der Waals surface area contributed by atoms with Gasteiger partial charge in [-0.1, -0.05) is 50.6 Å². The SMILES string of the molecule is CC(C)(C)C(=O)NCc1ccc(Cl)c(C(=O)Nc2cccc3c(Oc4cccc(C(F)(F)F)c4)ncnc23)c1F. The molecule has 1 aromatic heterocycles. The summed E-state index contributed by atoms with van der Waals surface area (Å²) in [5.41, 5.74) is -1.61. The van der Waals surface area contributed by atoms with Crippen molar-refractivity contribution < 1.29 is 31.9 Å². The van der Waals surface area contributed by atoms with Gasteiger partial charge in [-0.05, 0) is 36.4 Å². The summed E-state index contributed by atoms with van der Waals surface area (Å²) in [5, 5.41) is 5.34. The first kappa shape index (κ1) is 28.8. The van der Waals surface area contributed by atoms with Gasteiger partial charge in [0.1, 0.15) is 23.4 Å². The molecule has 0 saturated carbocycles. The Hall–Kier alpha value is -4.25. The average Bonchev–Trinajstić information content (AvgIpc) is 2.88. The Labute approximate surface area is 231 Å². The zero-order valence-corrected chi connectivity index (χ0v) is 22.2. The number of halogens is 5. The minimum Gasteiger partial charge on any atom is -0.438 e. The molecule has 3 aromatic carbocycles. The third-order valence-corrected chi connectivity index (χ3v) is 6.09. The molecular weight excluding hydrogens is 552 g/mol. The molecule has 0 bridgehead atoms. The van der Waals surface area contributed by atoms with Crippen LogP contribution in [0.25, 0.3) is 10.9 Å². The van der Waals surface area contributed by atoms with Crippen molar-refractivity contribution in [3.8, 4) is 11.6 Å². The van der Waals surface area contributed by atoms with Gasteiger partial charge < -0.3 is 15.4 Å². The van der Waals surface area contributed by atoms with Crippen LogP contribution in [-0.4, -0.2) is 21.8 Å². The molecule has 0 aliphatic carbocycles. The number of anilines is 1. The van der Waals surface area contributed by atoms with Gasteiger partial charge in [-0.15, -0.1) is 0 Å². The lowest BCUT2D eigenvalue weighted by Gasteiger charge is -2.18. The number of carbonyl (C=O) groups excluding carboxylic acids is 2. The number of carbonyl (C=O) groups is 2. The van der Waals surface area contributed by atoms with E-state index in [0.717, 1.165) is 18.5 Å². The van der Waals surface area contributed by atoms with Crippen LogP contribution in [0.3, 0.4) is 0 Å². The molecule has 1 heterocycles. The van der Waals surface area contributed by atoms with E-state index in [0.29, 0.717) is 0 Å². The van der Waals surface area contributed by atoms with Gasteiger partial charge in [0.15, 0.2) is 0 Å². The number of aromatic nitrogens is 2. The van der Waals surface area contributed by atoms with E-state index >= 15 is 4.39 Å². The number of fused-ring (bicyclic) bond motifs is 1. The summed E-state index contributed by atoms with van der Waals surface area (Å²) < 4.78 is 60.3. The Kier molecular flexibility index (Phi) is 7.97. The van der Waals surface area contributed by atoms with Crippen molar-refractivity contribution in [3.05, 3.63) is 88.5 Å². The molecule has 0 saturated heterocycles. The quantitative estimate of drug-likeness (QED) is 0.239. The van der Waals surface area contributed by atoms with Crippen LogP contribution in [0.5, 0.6) is 11.6 Å². The lowest BCUT2D eigenvalue weighted by Crippen LogP contribution is -2.34. The zero-order chi connectivity index (χ0) is 29.2. The van der Waals surface area contributed by atoms with Crippen molar-refractivity contribution in [2.24, 2.45) is 5.41 Å². The van der Waals surface area contributed by atoms with E-state index in [-0.39, 0.29) is 51.3 Å². The maximum Gasteiger partial charge on any atom is 0.416 e. The molecule has 40 heavy (non-hydrogen) atoms. The second kappa shape index (κ2) is 11.1. The number of alkyl halides is 3. The van der Waals surface area contributed by atoms with Crippen LogP contribution >= 0.6 is 11.6 Å². The van der Waals surface area contributed by atoms with Gasteiger partial charge in [-0.3, -0.25) is 9.59 Å². The largest absolute Gasteiger partial charge is 0.438 e. The Morgan fingerprint density at radius 3 is 2.42 bits per heavy atom. The number of nitrogens with one attached hydrogen (secondary N) is 2. The number of nitrogens with zero attached hydrogens (tertiary/aromatic N) is 2. The second-order valence-corrected chi connectivity index (χ2v) is 10.2. The van der Waals surface area contributed by atoms with Gasteiger partial charge >= 0.3 is 6.18 Å². The predicted molar refractivity (Wildman–Crippen MR) is 142 cm³/mol. The van der Waals surface area contributed by atoms with E-state index in [4.69, 9.17) is 16.3 Å². The number of hydrogen-bond donors (Lipinski definition) is 2. The highest BCUT2D eigenvalue weighted by atomic mass is 35.5. The maximum absolute atomic E-state index is 15.3. The van der Waals surface area contributed by atoms with Crippen molar-refractivity contribution in [1.82, 2.24) is 15.3 Å². The minimum atomic E-state index is -4.56. The van der Waals surface area contributed by atoms with Crippen LogP contribution < -0.4 is 15.4 Å². The average molecular weight is 575 g/mol. The Bertz CT molecular complexity index is 1600. The molecule has 0 aliphatic heterocycles. The molecule has 0 aliphatic rings. The molecule has 2 amide bonds. The van der Waals surface area contributed by atoms with Gasteiger partial charge in [0.2, 0.25) is 11.8 Å². The highest BCUT2D eigenvalue weighted by Crippen LogP contribution is 2.35. The molecule has 0 fully saturated rings. The van der Waals surface area contributed by atoms with Crippen LogP contribution in [-0.2, 0) is 17.5 Å². The lowest BCUT2D eigenvalue weighted by atomic mass is 9.95. The number of ether oxygens (including phenoxy) is 1. The maximum atomic E-state index is 15.3. The summed E-state index contributed by atoms with van der Waals surface area (Å²) in [6, 6.07) is 11.6. The number of hydrogen-bond acceptors (Lipinski definition) is 5. The Morgan fingerprint density at radius 1 is 1.00 bits per heavy atom. The lowest BCUT2D eigenvalue weighted by molar-refractivity contribution is -0.137. The highest BCUT2D eigenvalue weighted by molar-refractivity contribution is 6.34. The molecule has 0 atom stereocenters. The Morgan fingerprint density at radius 2 is 1.73 bits per heavy atom. The number of amides is 2. The predicted octanol–water partition coefficient (Wildman–Crippen LogP) is 7.15. The molecule has 4 aromatic rings. The summed E-state index contributed by atoms with van der Waals surface area (Å²) in [6.07, 6.45) is -3.44. The monoisotopic (exact) mass is 574 g/mol. The molecule has 0 unspecified atom stereocenters. The van der Waals surface area contributed by atoms with Gasteiger partial charge in [0, 0.05) is 17.5 Å². The third kappa shape index (κ3) is 6.31. The molecule has 2 N–H and O–H groups in total. The van der Waals surface area contributed by atoms with Crippen molar-refractivity contribution in [2.75, 3.05) is 5.32 Å². The molecule has 12 heteroatoms. The van der Waals surface area contributed by atoms with Gasteiger partial charge in [-0.25, -0.2) is 14.4 Å². The normalized spacial score (nSPS) is 11.8. The van der Waals surface area contributed by atoms with Gasteiger partial charge in [0.05, 0.1) is 27.2 Å². The smallest absolute Gasteiger partial charge is 0.416 e. The van der Waals surface area contributed by atoms with E-state index in [1.165, 1.54) is 36.4 Å². The summed E-state index contributed by atoms with van der Waals surface area (Å²) in [6.45, 7) is 4.98. The van der Waals surface area contributed by atoms with Gasteiger partial charge in [0.25, 0.3) is 5.91 Å². The summed E-state index contributed by atoms with van der Waals surface area (Å²) in [4.78, 5) is 33.5. The first-order chi connectivity index (χ1) is 18.8. The van der Waals surface area contributed by atoms with Crippen LogP contribution in [0.4, 0.5) is 23.2 Å².